The SMILES string of the molecule is CC(C)(C)CC(CC(=O)O)NC(=O)C1CCC(CN)O1. The summed E-state index contributed by atoms with van der Waals surface area (Å²) in [6, 6.07) is -0.375. The van der Waals surface area contributed by atoms with Crippen molar-refractivity contribution in [3.63, 3.8) is 0 Å². The summed E-state index contributed by atoms with van der Waals surface area (Å²) in [5.74, 6) is -1.14. The highest BCUT2D eigenvalue weighted by Crippen LogP contribution is 2.23. The summed E-state index contributed by atoms with van der Waals surface area (Å²) in [4.78, 5) is 23.0. The van der Waals surface area contributed by atoms with Crippen LogP contribution in [0.4, 0.5) is 0 Å². The highest BCUT2D eigenvalue weighted by atomic mass is 16.5. The first-order chi connectivity index (χ1) is 9.21. The molecule has 1 aliphatic rings. The molecule has 0 aromatic heterocycles. The third-order valence-electron chi connectivity index (χ3n) is 3.29. The lowest BCUT2D eigenvalue weighted by Crippen LogP contribution is -2.44. The van der Waals surface area contributed by atoms with Gasteiger partial charge >= 0.3 is 5.97 Å². The molecular formula is C14H26N2O4. The van der Waals surface area contributed by atoms with E-state index in [1.54, 1.807) is 0 Å². The topological polar surface area (TPSA) is 102 Å². The first kappa shape index (κ1) is 16.9. The Balaban J connectivity index is 2.55. The summed E-state index contributed by atoms with van der Waals surface area (Å²) in [6.07, 6.45) is 1.39. The number of rotatable bonds is 6. The fourth-order valence-corrected chi connectivity index (χ4v) is 2.49. The molecule has 0 aromatic rings. The Kier molecular flexibility index (Phi) is 5.95. The van der Waals surface area contributed by atoms with E-state index < -0.39 is 12.1 Å². The van der Waals surface area contributed by atoms with Crippen molar-refractivity contribution in [1.82, 2.24) is 5.32 Å². The minimum absolute atomic E-state index is 0.0519. The van der Waals surface area contributed by atoms with E-state index in [1.165, 1.54) is 0 Å². The Morgan fingerprint density at radius 3 is 2.50 bits per heavy atom. The van der Waals surface area contributed by atoms with Crippen molar-refractivity contribution in [3.8, 4) is 0 Å². The second kappa shape index (κ2) is 7.04. The van der Waals surface area contributed by atoms with Crippen LogP contribution in [0.2, 0.25) is 0 Å². The van der Waals surface area contributed by atoms with E-state index in [2.05, 4.69) is 5.32 Å². The summed E-state index contributed by atoms with van der Waals surface area (Å²) in [5, 5.41) is 11.7. The average molecular weight is 286 g/mol. The number of carbonyl (C=O) groups is 2. The number of nitrogens with two attached hydrogens (primary N) is 1. The van der Waals surface area contributed by atoms with Gasteiger partial charge < -0.3 is 20.9 Å². The molecular weight excluding hydrogens is 260 g/mol. The molecule has 20 heavy (non-hydrogen) atoms. The van der Waals surface area contributed by atoms with Crippen molar-refractivity contribution < 1.29 is 19.4 Å². The Morgan fingerprint density at radius 1 is 1.40 bits per heavy atom. The van der Waals surface area contributed by atoms with Crippen LogP contribution in [-0.4, -0.2) is 41.8 Å². The Labute approximate surface area is 120 Å². The molecule has 6 heteroatoms. The van der Waals surface area contributed by atoms with E-state index in [1.807, 2.05) is 20.8 Å². The Morgan fingerprint density at radius 2 is 2.05 bits per heavy atom. The molecule has 0 spiro atoms. The van der Waals surface area contributed by atoms with E-state index in [0.29, 0.717) is 19.4 Å². The lowest BCUT2D eigenvalue weighted by molar-refractivity contribution is -0.138. The molecule has 1 fully saturated rings. The van der Waals surface area contributed by atoms with Crippen LogP contribution in [0.1, 0.15) is 46.5 Å². The first-order valence-corrected chi connectivity index (χ1v) is 7.09. The van der Waals surface area contributed by atoms with Gasteiger partial charge in [-0.15, -0.1) is 0 Å². The number of aliphatic carboxylic acids is 1. The van der Waals surface area contributed by atoms with E-state index in [0.717, 1.165) is 6.42 Å². The Bertz CT molecular complexity index is 352. The molecule has 1 heterocycles. The fourth-order valence-electron chi connectivity index (χ4n) is 2.49. The zero-order chi connectivity index (χ0) is 15.3. The highest BCUT2D eigenvalue weighted by Gasteiger charge is 2.32. The van der Waals surface area contributed by atoms with Crippen LogP contribution in [0.5, 0.6) is 0 Å². The van der Waals surface area contributed by atoms with Gasteiger partial charge in [0.05, 0.1) is 12.5 Å². The van der Waals surface area contributed by atoms with Gasteiger partial charge in [0.25, 0.3) is 0 Å². The average Bonchev–Trinajstić information content (AvgIpc) is 2.73. The molecule has 0 radical (unpaired) electrons. The maximum atomic E-state index is 12.1. The van der Waals surface area contributed by atoms with Gasteiger partial charge in [-0.3, -0.25) is 9.59 Å². The van der Waals surface area contributed by atoms with Gasteiger partial charge in [0.15, 0.2) is 0 Å². The lowest BCUT2D eigenvalue weighted by Gasteiger charge is -2.26. The molecule has 3 atom stereocenters. The molecule has 4 N–H and O–H groups in total. The molecule has 1 amide bonds. The number of amides is 1. The highest BCUT2D eigenvalue weighted by molar-refractivity contribution is 5.82. The molecule has 1 rings (SSSR count). The summed E-state index contributed by atoms with van der Waals surface area (Å²) in [7, 11) is 0. The predicted octanol–water partition coefficient (Wildman–Crippen LogP) is 0.888. The first-order valence-electron chi connectivity index (χ1n) is 7.09. The van der Waals surface area contributed by atoms with Gasteiger partial charge in [0.1, 0.15) is 6.10 Å². The monoisotopic (exact) mass is 286 g/mol. The summed E-state index contributed by atoms with van der Waals surface area (Å²) in [6.45, 7) is 6.46. The van der Waals surface area contributed by atoms with Crippen LogP contribution in [0.3, 0.4) is 0 Å². The third kappa shape index (κ3) is 5.88. The standard InChI is InChI=1S/C14H26N2O4/c1-14(2,3)7-9(6-12(17)18)16-13(19)11-5-4-10(8-15)20-11/h9-11H,4-8,15H2,1-3H3,(H,16,19)(H,17,18). The molecule has 116 valence electrons. The van der Waals surface area contributed by atoms with Gasteiger partial charge in [0.2, 0.25) is 5.91 Å². The largest absolute Gasteiger partial charge is 0.481 e. The number of hydrogen-bond acceptors (Lipinski definition) is 4. The summed E-state index contributed by atoms with van der Waals surface area (Å²) < 4.78 is 5.52. The molecule has 0 saturated carbocycles. The molecule has 6 nitrogen and oxygen atoms in total. The number of carboxylic acids is 1. The minimum atomic E-state index is -0.910. The zero-order valence-corrected chi connectivity index (χ0v) is 12.5. The lowest BCUT2D eigenvalue weighted by atomic mass is 9.87. The number of nitrogens with one attached hydrogen (secondary N) is 1. The number of hydrogen-bond donors (Lipinski definition) is 3. The van der Waals surface area contributed by atoms with E-state index in [4.69, 9.17) is 15.6 Å². The number of carbonyl (C=O) groups excluding carboxylic acids is 1. The fraction of sp³-hybridized carbons (Fsp3) is 0.857. The van der Waals surface area contributed by atoms with Crippen molar-refractivity contribution in [2.75, 3.05) is 6.54 Å². The zero-order valence-electron chi connectivity index (χ0n) is 12.5. The van der Waals surface area contributed by atoms with E-state index >= 15 is 0 Å². The molecule has 3 unspecified atom stereocenters. The van der Waals surface area contributed by atoms with Crippen LogP contribution in [-0.2, 0) is 14.3 Å². The second-order valence-electron chi connectivity index (χ2n) is 6.63. The molecule has 1 saturated heterocycles. The van der Waals surface area contributed by atoms with Crippen molar-refractivity contribution in [2.45, 2.75) is 64.7 Å². The number of ether oxygens (including phenoxy) is 1. The smallest absolute Gasteiger partial charge is 0.305 e. The van der Waals surface area contributed by atoms with Crippen molar-refractivity contribution >= 4 is 11.9 Å². The van der Waals surface area contributed by atoms with Gasteiger partial charge in [-0.1, -0.05) is 20.8 Å². The van der Waals surface area contributed by atoms with Crippen LogP contribution in [0, 0.1) is 5.41 Å². The molecule has 1 aliphatic heterocycles. The van der Waals surface area contributed by atoms with Gasteiger partial charge in [-0.25, -0.2) is 0 Å². The summed E-state index contributed by atoms with van der Waals surface area (Å²) in [5.41, 5.74) is 5.46. The third-order valence-corrected chi connectivity index (χ3v) is 3.29. The minimum Gasteiger partial charge on any atom is -0.481 e. The van der Waals surface area contributed by atoms with Crippen LogP contribution in [0.15, 0.2) is 0 Å². The van der Waals surface area contributed by atoms with Gasteiger partial charge in [-0.2, -0.15) is 0 Å². The number of carboxylic acid groups (broad SMARTS) is 1. The summed E-state index contributed by atoms with van der Waals surface area (Å²) >= 11 is 0. The Hall–Kier alpha value is -1.14. The second-order valence-corrected chi connectivity index (χ2v) is 6.63. The quantitative estimate of drug-likeness (QED) is 0.673. The van der Waals surface area contributed by atoms with Crippen molar-refractivity contribution in [3.05, 3.63) is 0 Å². The van der Waals surface area contributed by atoms with Gasteiger partial charge in [0, 0.05) is 12.6 Å². The maximum Gasteiger partial charge on any atom is 0.305 e. The molecule has 0 aromatic carbocycles. The normalized spacial score (nSPS) is 24.4. The molecule has 0 aliphatic carbocycles. The van der Waals surface area contributed by atoms with Crippen molar-refractivity contribution in [2.24, 2.45) is 11.1 Å². The maximum absolute atomic E-state index is 12.1. The predicted molar refractivity (Wildman–Crippen MR) is 75.2 cm³/mol. The van der Waals surface area contributed by atoms with Crippen LogP contribution < -0.4 is 11.1 Å². The van der Waals surface area contributed by atoms with Gasteiger partial charge in [-0.05, 0) is 24.7 Å². The van der Waals surface area contributed by atoms with Crippen molar-refractivity contribution in [1.29, 1.82) is 0 Å². The van der Waals surface area contributed by atoms with E-state index in [9.17, 15) is 9.59 Å². The van der Waals surface area contributed by atoms with Crippen LogP contribution in [0.25, 0.3) is 0 Å². The van der Waals surface area contributed by atoms with Crippen LogP contribution >= 0.6 is 0 Å². The van der Waals surface area contributed by atoms with E-state index in [-0.39, 0.29) is 29.9 Å². The molecule has 0 bridgehead atoms.